The van der Waals surface area contributed by atoms with Crippen LogP contribution in [0.15, 0.2) is 34.9 Å². The molecule has 8 nitrogen and oxygen atoms in total. The van der Waals surface area contributed by atoms with Gasteiger partial charge in [-0.1, -0.05) is 6.92 Å². The highest BCUT2D eigenvalue weighted by atomic mass is 16.5. The molecule has 1 amide bonds. The number of hydrogen-bond donors (Lipinski definition) is 3. The number of pyridine rings is 1. The Morgan fingerprint density at radius 2 is 2.00 bits per heavy atom. The van der Waals surface area contributed by atoms with Gasteiger partial charge < -0.3 is 29.8 Å². The lowest BCUT2D eigenvalue weighted by Crippen LogP contribution is -2.32. The number of ether oxygens (including phenoxy) is 2. The Balaban J connectivity index is 2.18. The number of amides is 1. The van der Waals surface area contributed by atoms with E-state index in [2.05, 4.69) is 4.98 Å². The summed E-state index contributed by atoms with van der Waals surface area (Å²) in [6, 6.07) is 6.93. The molecule has 154 valence electrons. The third kappa shape index (κ3) is 3.64. The number of hydrogen-bond acceptors (Lipinski definition) is 7. The number of nitrogens with two attached hydrogens (primary N) is 1. The van der Waals surface area contributed by atoms with Gasteiger partial charge in [0.05, 0.1) is 31.5 Å². The van der Waals surface area contributed by atoms with E-state index < -0.39 is 11.3 Å². The number of fused-ring (bicyclic) bond motifs is 1. The van der Waals surface area contributed by atoms with Crippen molar-refractivity contribution in [2.24, 2.45) is 5.73 Å². The fourth-order valence-corrected chi connectivity index (χ4v) is 3.39. The lowest BCUT2D eigenvalue weighted by atomic mass is 9.80. The summed E-state index contributed by atoms with van der Waals surface area (Å²) in [5.41, 5.74) is 6.27. The zero-order valence-corrected chi connectivity index (χ0v) is 16.6. The minimum Gasteiger partial charge on any atom is -0.488 e. The summed E-state index contributed by atoms with van der Waals surface area (Å²) in [5.74, 6) is 0.515. The largest absolute Gasteiger partial charge is 0.488 e. The van der Waals surface area contributed by atoms with E-state index in [0.717, 1.165) is 0 Å². The van der Waals surface area contributed by atoms with Crippen LogP contribution in [0.2, 0.25) is 0 Å². The number of furan rings is 1. The molecule has 0 radical (unpaired) electrons. The number of rotatable bonds is 8. The molecule has 0 saturated carbocycles. The maximum Gasteiger partial charge on any atom is 0.252 e. The molecule has 0 unspecified atom stereocenters. The van der Waals surface area contributed by atoms with Gasteiger partial charge in [-0.2, -0.15) is 0 Å². The Kier molecular flexibility index (Phi) is 5.76. The number of primary amides is 1. The number of methoxy groups -OCH3 is 1. The number of aromatic nitrogens is 1. The summed E-state index contributed by atoms with van der Waals surface area (Å²) in [5, 5.41) is 20.5. The highest BCUT2D eigenvalue weighted by molar-refractivity contribution is 6.08. The van der Waals surface area contributed by atoms with Crippen molar-refractivity contribution in [3.8, 4) is 11.6 Å². The molecule has 3 rings (SSSR count). The zero-order valence-electron chi connectivity index (χ0n) is 16.6. The number of nitrogens with zero attached hydrogens (tertiary/aromatic N) is 1. The molecule has 3 aromatic rings. The Bertz CT molecular complexity index is 1040. The van der Waals surface area contributed by atoms with Crippen molar-refractivity contribution >= 4 is 16.9 Å². The molecule has 2 heterocycles. The molecule has 29 heavy (non-hydrogen) atoms. The van der Waals surface area contributed by atoms with Gasteiger partial charge >= 0.3 is 0 Å². The number of aliphatic hydroxyl groups excluding tert-OH is 2. The Hall–Kier alpha value is -3.10. The van der Waals surface area contributed by atoms with Crippen LogP contribution >= 0.6 is 0 Å². The first-order valence-corrected chi connectivity index (χ1v) is 9.05. The lowest BCUT2D eigenvalue weighted by molar-refractivity contribution is 0.0999. The van der Waals surface area contributed by atoms with E-state index in [-0.39, 0.29) is 25.4 Å². The standard InChI is InChI=1S/C21H24N2O6/c1-12-16(19(22)26)17-14(29-12)6-7-15(18(17)21(2,10-24)11-25)28-9-13-5-4-8-23-20(13)27-3/h4-8,24-25H,9-11H2,1-3H3,(H2,22,26). The van der Waals surface area contributed by atoms with Gasteiger partial charge in [0, 0.05) is 22.6 Å². The Morgan fingerprint density at radius 3 is 2.62 bits per heavy atom. The first-order valence-electron chi connectivity index (χ1n) is 9.05. The smallest absolute Gasteiger partial charge is 0.252 e. The highest BCUT2D eigenvalue weighted by Gasteiger charge is 2.34. The third-order valence-electron chi connectivity index (χ3n) is 4.97. The van der Waals surface area contributed by atoms with Gasteiger partial charge in [-0.15, -0.1) is 0 Å². The van der Waals surface area contributed by atoms with Gasteiger partial charge in [0.2, 0.25) is 5.88 Å². The molecule has 0 bridgehead atoms. The number of aryl methyl sites for hydroxylation is 1. The molecule has 4 N–H and O–H groups in total. The molecule has 1 aromatic carbocycles. The van der Waals surface area contributed by atoms with Crippen molar-refractivity contribution in [3.63, 3.8) is 0 Å². The van der Waals surface area contributed by atoms with Gasteiger partial charge in [0.1, 0.15) is 23.7 Å². The molecule has 0 aliphatic rings. The summed E-state index contributed by atoms with van der Waals surface area (Å²) in [6.45, 7) is 2.69. The molecule has 0 fully saturated rings. The van der Waals surface area contributed by atoms with E-state index >= 15 is 0 Å². The van der Waals surface area contributed by atoms with Crippen molar-refractivity contribution in [2.45, 2.75) is 25.9 Å². The van der Waals surface area contributed by atoms with E-state index in [1.165, 1.54) is 7.11 Å². The van der Waals surface area contributed by atoms with E-state index in [9.17, 15) is 15.0 Å². The second-order valence-corrected chi connectivity index (χ2v) is 7.05. The summed E-state index contributed by atoms with van der Waals surface area (Å²) in [4.78, 5) is 16.2. The van der Waals surface area contributed by atoms with Crippen molar-refractivity contribution < 1.29 is 28.9 Å². The zero-order chi connectivity index (χ0) is 21.2. The Morgan fingerprint density at radius 1 is 1.28 bits per heavy atom. The van der Waals surface area contributed by atoms with Gasteiger partial charge in [-0.3, -0.25) is 4.79 Å². The summed E-state index contributed by atoms with van der Waals surface area (Å²) < 4.78 is 17.0. The van der Waals surface area contributed by atoms with Crippen LogP contribution in [-0.4, -0.2) is 41.4 Å². The molecule has 0 spiro atoms. The van der Waals surface area contributed by atoms with Crippen LogP contribution in [0.25, 0.3) is 11.0 Å². The van der Waals surface area contributed by atoms with E-state index in [1.54, 1.807) is 38.2 Å². The van der Waals surface area contributed by atoms with Crippen molar-refractivity contribution in [1.82, 2.24) is 4.98 Å². The number of aliphatic hydroxyl groups is 2. The molecule has 0 atom stereocenters. The molecule has 8 heteroatoms. The van der Waals surface area contributed by atoms with Crippen LogP contribution < -0.4 is 15.2 Å². The number of benzene rings is 1. The van der Waals surface area contributed by atoms with Crippen LogP contribution in [0.4, 0.5) is 0 Å². The topological polar surface area (TPSA) is 128 Å². The average Bonchev–Trinajstić information content (AvgIpc) is 3.07. The van der Waals surface area contributed by atoms with E-state index in [0.29, 0.717) is 39.5 Å². The minimum absolute atomic E-state index is 0.130. The normalized spacial score (nSPS) is 11.6. The average molecular weight is 400 g/mol. The SMILES string of the molecule is COc1ncccc1COc1ccc2oc(C)c(C(N)=O)c2c1C(C)(CO)CO. The van der Waals surface area contributed by atoms with E-state index in [1.807, 2.05) is 6.07 Å². The van der Waals surface area contributed by atoms with Crippen molar-refractivity contribution in [1.29, 1.82) is 0 Å². The second kappa shape index (κ2) is 8.10. The fourth-order valence-electron chi connectivity index (χ4n) is 3.39. The minimum atomic E-state index is -1.10. The second-order valence-electron chi connectivity index (χ2n) is 7.05. The van der Waals surface area contributed by atoms with Crippen molar-refractivity contribution in [2.75, 3.05) is 20.3 Å². The molecule has 2 aromatic heterocycles. The predicted octanol–water partition coefficient (Wildman–Crippen LogP) is 2.07. The predicted molar refractivity (Wildman–Crippen MR) is 106 cm³/mol. The summed E-state index contributed by atoms with van der Waals surface area (Å²) >= 11 is 0. The number of carbonyl (C=O) groups is 1. The third-order valence-corrected chi connectivity index (χ3v) is 4.97. The lowest BCUT2D eigenvalue weighted by Gasteiger charge is -2.28. The summed E-state index contributed by atoms with van der Waals surface area (Å²) in [6.07, 6.45) is 1.61. The maximum absolute atomic E-state index is 12.1. The van der Waals surface area contributed by atoms with Gasteiger partial charge in [-0.05, 0) is 31.2 Å². The monoisotopic (exact) mass is 400 g/mol. The first-order chi connectivity index (χ1) is 13.9. The highest BCUT2D eigenvalue weighted by Crippen LogP contribution is 2.41. The molecular weight excluding hydrogens is 376 g/mol. The fraction of sp³-hybridized carbons (Fsp3) is 0.333. The Labute approximate surface area is 167 Å². The van der Waals surface area contributed by atoms with E-state index in [4.69, 9.17) is 19.6 Å². The van der Waals surface area contributed by atoms with Gasteiger partial charge in [-0.25, -0.2) is 4.98 Å². The van der Waals surface area contributed by atoms with Crippen LogP contribution in [0, 0.1) is 6.92 Å². The van der Waals surface area contributed by atoms with Crippen LogP contribution in [-0.2, 0) is 12.0 Å². The van der Waals surface area contributed by atoms with Crippen LogP contribution in [0.3, 0.4) is 0 Å². The molecule has 0 aliphatic carbocycles. The first kappa shape index (κ1) is 20.6. The summed E-state index contributed by atoms with van der Waals surface area (Å²) in [7, 11) is 1.52. The molecule has 0 aliphatic heterocycles. The van der Waals surface area contributed by atoms with Crippen LogP contribution in [0.1, 0.15) is 34.2 Å². The van der Waals surface area contributed by atoms with Crippen molar-refractivity contribution in [3.05, 3.63) is 52.9 Å². The van der Waals surface area contributed by atoms with Gasteiger partial charge in [0.15, 0.2) is 0 Å². The quantitative estimate of drug-likeness (QED) is 0.528. The van der Waals surface area contributed by atoms with Crippen LogP contribution in [0.5, 0.6) is 11.6 Å². The number of carbonyl (C=O) groups excluding carboxylic acids is 1. The molecular formula is C21H24N2O6. The van der Waals surface area contributed by atoms with Gasteiger partial charge in [0.25, 0.3) is 5.91 Å². The maximum atomic E-state index is 12.1. The molecule has 0 saturated heterocycles.